The highest BCUT2D eigenvalue weighted by Crippen LogP contribution is 2.20. The van der Waals surface area contributed by atoms with Gasteiger partial charge in [-0.3, -0.25) is 0 Å². The van der Waals surface area contributed by atoms with Crippen molar-refractivity contribution in [1.29, 1.82) is 0 Å². The maximum atomic E-state index is 10.5. The van der Waals surface area contributed by atoms with Crippen molar-refractivity contribution in [1.82, 2.24) is 0 Å². The molecule has 152 valence electrons. The summed E-state index contributed by atoms with van der Waals surface area (Å²) in [5, 5.41) is 10.5. The van der Waals surface area contributed by atoms with Crippen molar-refractivity contribution in [3.05, 3.63) is 61.2 Å². The van der Waals surface area contributed by atoms with Gasteiger partial charge in [-0.2, -0.15) is 0 Å². The zero-order valence-electron chi connectivity index (χ0n) is 16.9. The Balaban J connectivity index is 2.94. The van der Waals surface area contributed by atoms with E-state index >= 15 is 0 Å². The molecule has 0 radical (unpaired) electrons. The van der Waals surface area contributed by atoms with Crippen LogP contribution < -0.4 is 0 Å². The number of aliphatic hydroxyl groups excluding tert-OH is 1. The molecule has 0 saturated carbocycles. The van der Waals surface area contributed by atoms with E-state index in [2.05, 4.69) is 27.0 Å². The fourth-order valence-corrected chi connectivity index (χ4v) is 2.69. The lowest BCUT2D eigenvalue weighted by molar-refractivity contribution is -0.155. The second-order valence-corrected chi connectivity index (χ2v) is 6.60. The minimum Gasteiger partial charge on any atom is -0.386 e. The Bertz CT molecular complexity index is 502. The fourth-order valence-electron chi connectivity index (χ4n) is 2.69. The summed E-state index contributed by atoms with van der Waals surface area (Å²) in [6.07, 6.45) is 4.89. The second-order valence-electron chi connectivity index (χ2n) is 6.60. The number of hydrogen-bond donors (Lipinski definition) is 1. The molecule has 0 saturated heterocycles. The zero-order valence-corrected chi connectivity index (χ0v) is 16.9. The predicted octanol–water partition coefficient (Wildman–Crippen LogP) is 4.68. The zero-order chi connectivity index (χ0) is 19.9. The molecule has 0 aliphatic carbocycles. The van der Waals surface area contributed by atoms with Crippen LogP contribution >= 0.6 is 0 Å². The van der Waals surface area contributed by atoms with E-state index in [9.17, 15) is 5.11 Å². The van der Waals surface area contributed by atoms with Crippen LogP contribution in [0.1, 0.15) is 45.1 Å². The average molecular weight is 377 g/mol. The normalized spacial score (nSPS) is 15.7. The minimum atomic E-state index is -0.847. The molecular weight excluding hydrogens is 340 g/mol. The summed E-state index contributed by atoms with van der Waals surface area (Å²) in [7, 11) is 0. The smallest absolute Gasteiger partial charge is 0.117 e. The van der Waals surface area contributed by atoms with Gasteiger partial charge in [0, 0.05) is 13.2 Å². The summed E-state index contributed by atoms with van der Waals surface area (Å²) in [5.74, 6) is 0. The fraction of sp³-hybridized carbons (Fsp3) is 0.565. The van der Waals surface area contributed by atoms with E-state index in [1.807, 2.05) is 30.3 Å². The van der Waals surface area contributed by atoms with Gasteiger partial charge in [-0.15, -0.1) is 13.2 Å². The van der Waals surface area contributed by atoms with E-state index in [0.717, 1.165) is 31.2 Å². The van der Waals surface area contributed by atoms with E-state index in [1.54, 1.807) is 6.08 Å². The monoisotopic (exact) mass is 376 g/mol. The first-order valence-electron chi connectivity index (χ1n) is 9.99. The number of unbranched alkanes of at least 4 members (excludes halogenated alkanes) is 2. The van der Waals surface area contributed by atoms with E-state index in [1.165, 1.54) is 6.08 Å². The van der Waals surface area contributed by atoms with Crippen LogP contribution in [0.2, 0.25) is 0 Å². The van der Waals surface area contributed by atoms with Gasteiger partial charge in [-0.05, 0) is 18.4 Å². The Hall–Kier alpha value is -1.46. The molecule has 4 atom stereocenters. The first-order valence-corrected chi connectivity index (χ1v) is 9.99. The van der Waals surface area contributed by atoms with Crippen molar-refractivity contribution in [2.45, 2.75) is 70.6 Å². The van der Waals surface area contributed by atoms with Crippen LogP contribution in [-0.2, 0) is 20.8 Å². The van der Waals surface area contributed by atoms with Gasteiger partial charge in [0.25, 0.3) is 0 Å². The van der Waals surface area contributed by atoms with E-state index in [0.29, 0.717) is 19.8 Å². The Kier molecular flexibility index (Phi) is 12.7. The Morgan fingerprint density at radius 2 is 1.52 bits per heavy atom. The van der Waals surface area contributed by atoms with Crippen molar-refractivity contribution in [2.24, 2.45) is 0 Å². The van der Waals surface area contributed by atoms with E-state index in [-0.39, 0.29) is 6.10 Å². The van der Waals surface area contributed by atoms with Gasteiger partial charge in [0.15, 0.2) is 0 Å². The first kappa shape index (κ1) is 23.6. The van der Waals surface area contributed by atoms with Gasteiger partial charge < -0.3 is 19.3 Å². The number of aliphatic hydroxyl groups is 1. The highest BCUT2D eigenvalue weighted by molar-refractivity contribution is 5.13. The summed E-state index contributed by atoms with van der Waals surface area (Å²) in [6.45, 7) is 13.4. The molecule has 0 spiro atoms. The molecule has 1 rings (SSSR count). The maximum Gasteiger partial charge on any atom is 0.117 e. The third-order valence-electron chi connectivity index (χ3n) is 4.36. The number of hydrogen-bond acceptors (Lipinski definition) is 4. The predicted molar refractivity (Wildman–Crippen MR) is 111 cm³/mol. The van der Waals surface area contributed by atoms with Crippen molar-refractivity contribution >= 4 is 0 Å². The largest absolute Gasteiger partial charge is 0.386 e. The SMILES string of the molecule is C=CC(OCCCC)C(OCc1ccccc1)[C@H](OCCCC)C(O)C=C. The molecule has 4 nitrogen and oxygen atoms in total. The van der Waals surface area contributed by atoms with Crippen molar-refractivity contribution in [3.8, 4) is 0 Å². The summed E-state index contributed by atoms with van der Waals surface area (Å²) < 4.78 is 18.2. The standard InChI is InChI=1S/C23H36O4/c1-5-9-16-25-21(8-4)23(27-18-19-14-12-11-13-15-19)22(20(24)7-3)26-17-10-6-2/h7-8,11-15,20-24H,3-6,9-10,16-18H2,1-2H3/t20?,21?,22-,23?/m1/s1. The lowest BCUT2D eigenvalue weighted by Crippen LogP contribution is -2.47. The molecule has 27 heavy (non-hydrogen) atoms. The third kappa shape index (κ3) is 8.85. The molecule has 0 heterocycles. The molecule has 1 aromatic rings. The highest BCUT2D eigenvalue weighted by atomic mass is 16.6. The van der Waals surface area contributed by atoms with Crippen molar-refractivity contribution < 1.29 is 19.3 Å². The topological polar surface area (TPSA) is 47.9 Å². The van der Waals surface area contributed by atoms with Gasteiger partial charge in [-0.1, -0.05) is 69.2 Å². The first-order chi connectivity index (χ1) is 13.2. The van der Waals surface area contributed by atoms with E-state index < -0.39 is 18.3 Å². The summed E-state index contributed by atoms with van der Waals surface area (Å²) >= 11 is 0. The number of rotatable bonds is 16. The number of ether oxygens (including phenoxy) is 3. The van der Waals surface area contributed by atoms with Gasteiger partial charge in [0.1, 0.15) is 24.4 Å². The average Bonchev–Trinajstić information content (AvgIpc) is 2.71. The van der Waals surface area contributed by atoms with Gasteiger partial charge in [-0.25, -0.2) is 0 Å². The Morgan fingerprint density at radius 3 is 2.07 bits per heavy atom. The summed E-state index contributed by atoms with van der Waals surface area (Å²) in [6, 6.07) is 9.94. The second kappa shape index (κ2) is 14.6. The van der Waals surface area contributed by atoms with Gasteiger partial charge >= 0.3 is 0 Å². The molecule has 3 unspecified atom stereocenters. The molecule has 0 bridgehead atoms. The molecule has 0 amide bonds. The lowest BCUT2D eigenvalue weighted by atomic mass is 10.0. The van der Waals surface area contributed by atoms with Crippen LogP contribution in [0.15, 0.2) is 55.6 Å². The Labute approximate surface area is 164 Å². The van der Waals surface area contributed by atoms with Crippen LogP contribution in [0.4, 0.5) is 0 Å². The van der Waals surface area contributed by atoms with Gasteiger partial charge in [0.05, 0.1) is 6.61 Å². The molecule has 1 N–H and O–H groups in total. The van der Waals surface area contributed by atoms with Crippen LogP contribution in [0, 0.1) is 0 Å². The third-order valence-corrected chi connectivity index (χ3v) is 4.36. The van der Waals surface area contributed by atoms with Crippen LogP contribution in [0.3, 0.4) is 0 Å². The molecule has 0 aliphatic rings. The van der Waals surface area contributed by atoms with Crippen LogP contribution in [0.25, 0.3) is 0 Å². The van der Waals surface area contributed by atoms with Crippen LogP contribution in [-0.4, -0.2) is 42.7 Å². The molecular formula is C23H36O4. The quantitative estimate of drug-likeness (QED) is 0.336. The van der Waals surface area contributed by atoms with Crippen molar-refractivity contribution in [2.75, 3.05) is 13.2 Å². The summed E-state index contributed by atoms with van der Waals surface area (Å²) in [5.41, 5.74) is 1.05. The maximum absolute atomic E-state index is 10.5. The van der Waals surface area contributed by atoms with Gasteiger partial charge in [0.2, 0.25) is 0 Å². The molecule has 4 heteroatoms. The molecule has 0 fully saturated rings. The lowest BCUT2D eigenvalue weighted by Gasteiger charge is -2.34. The molecule has 0 aromatic heterocycles. The summed E-state index contributed by atoms with van der Waals surface area (Å²) in [4.78, 5) is 0. The minimum absolute atomic E-state index is 0.374. The van der Waals surface area contributed by atoms with E-state index in [4.69, 9.17) is 14.2 Å². The molecule has 0 aliphatic heterocycles. The Morgan fingerprint density at radius 1 is 0.889 bits per heavy atom. The van der Waals surface area contributed by atoms with Crippen LogP contribution in [0.5, 0.6) is 0 Å². The van der Waals surface area contributed by atoms with Crippen molar-refractivity contribution in [3.63, 3.8) is 0 Å². The highest BCUT2D eigenvalue weighted by Gasteiger charge is 2.34. The number of benzene rings is 1. The molecule has 1 aromatic carbocycles.